The molecule has 0 unspecified atom stereocenters. The van der Waals surface area contributed by atoms with Crippen molar-refractivity contribution in [3.63, 3.8) is 0 Å². The Balaban J connectivity index is 1.48. The molecule has 0 spiro atoms. The molecule has 1 fully saturated rings. The highest BCUT2D eigenvalue weighted by atomic mass is 16.5. The third kappa shape index (κ3) is 5.57. The van der Waals surface area contributed by atoms with Crippen LogP contribution < -0.4 is 4.74 Å². The predicted molar refractivity (Wildman–Crippen MR) is 104 cm³/mol. The quantitative estimate of drug-likeness (QED) is 0.819. The van der Waals surface area contributed by atoms with Gasteiger partial charge in [-0.25, -0.2) is 0 Å². The molecule has 1 aliphatic rings. The van der Waals surface area contributed by atoms with Crippen LogP contribution in [0.2, 0.25) is 0 Å². The Labute approximate surface area is 160 Å². The van der Waals surface area contributed by atoms with E-state index in [0.29, 0.717) is 12.1 Å². The van der Waals surface area contributed by atoms with Gasteiger partial charge in [0.25, 0.3) is 5.91 Å². The second kappa shape index (κ2) is 9.20. The number of benzene rings is 2. The normalized spacial score (nSPS) is 15.0. The first-order valence-corrected chi connectivity index (χ1v) is 9.33. The van der Waals surface area contributed by atoms with Crippen molar-refractivity contribution in [2.45, 2.75) is 19.9 Å². The van der Waals surface area contributed by atoms with Gasteiger partial charge in [0, 0.05) is 32.7 Å². The zero-order valence-electron chi connectivity index (χ0n) is 15.7. The largest absolute Gasteiger partial charge is 0.484 e. The summed E-state index contributed by atoms with van der Waals surface area (Å²) in [5.74, 6) is 0.775. The van der Waals surface area contributed by atoms with Gasteiger partial charge >= 0.3 is 0 Å². The molecule has 1 saturated heterocycles. The van der Waals surface area contributed by atoms with E-state index in [1.165, 1.54) is 5.56 Å². The molecular weight excluding hydrogens is 338 g/mol. The molecule has 0 saturated carbocycles. The number of nitriles is 1. The molecule has 140 valence electrons. The van der Waals surface area contributed by atoms with Crippen molar-refractivity contribution in [3.05, 3.63) is 65.2 Å². The SMILES string of the molecule is Cc1cccc(OCC(=O)N2CCCN(Cc3ccc(C#N)cc3)CC2)c1. The Kier molecular flexibility index (Phi) is 6.45. The van der Waals surface area contributed by atoms with Gasteiger partial charge in [-0.1, -0.05) is 24.3 Å². The summed E-state index contributed by atoms with van der Waals surface area (Å²) in [6.07, 6.45) is 0.951. The topological polar surface area (TPSA) is 56.6 Å². The van der Waals surface area contributed by atoms with Crippen molar-refractivity contribution in [1.82, 2.24) is 9.80 Å². The van der Waals surface area contributed by atoms with Crippen LogP contribution in [-0.4, -0.2) is 48.5 Å². The number of ether oxygens (including phenoxy) is 1. The second-order valence-corrected chi connectivity index (χ2v) is 6.92. The van der Waals surface area contributed by atoms with Crippen LogP contribution in [0.15, 0.2) is 48.5 Å². The third-order valence-electron chi connectivity index (χ3n) is 4.78. The second-order valence-electron chi connectivity index (χ2n) is 6.92. The molecule has 1 amide bonds. The lowest BCUT2D eigenvalue weighted by molar-refractivity contribution is -0.133. The van der Waals surface area contributed by atoms with E-state index in [-0.39, 0.29) is 12.5 Å². The zero-order chi connectivity index (χ0) is 19.1. The van der Waals surface area contributed by atoms with Gasteiger partial charge in [-0.05, 0) is 48.7 Å². The minimum atomic E-state index is 0.0386. The molecule has 1 heterocycles. The maximum atomic E-state index is 12.5. The Morgan fingerprint density at radius 1 is 1.11 bits per heavy atom. The van der Waals surface area contributed by atoms with Crippen LogP contribution in [0.5, 0.6) is 5.75 Å². The molecule has 1 aliphatic heterocycles. The molecular formula is C22H25N3O2. The standard InChI is InChI=1S/C22H25N3O2/c1-18-4-2-5-21(14-18)27-17-22(26)25-11-3-10-24(12-13-25)16-20-8-6-19(15-23)7-9-20/h2,4-9,14H,3,10-13,16-17H2,1H3. The van der Waals surface area contributed by atoms with Crippen molar-refractivity contribution in [1.29, 1.82) is 5.26 Å². The number of hydrogen-bond donors (Lipinski definition) is 0. The lowest BCUT2D eigenvalue weighted by atomic mass is 10.1. The fourth-order valence-corrected chi connectivity index (χ4v) is 3.26. The summed E-state index contributed by atoms with van der Waals surface area (Å²) >= 11 is 0. The molecule has 0 N–H and O–H groups in total. The van der Waals surface area contributed by atoms with Gasteiger partial charge in [0.05, 0.1) is 11.6 Å². The van der Waals surface area contributed by atoms with E-state index >= 15 is 0 Å². The average Bonchev–Trinajstić information content (AvgIpc) is 2.92. The van der Waals surface area contributed by atoms with Gasteiger partial charge in [-0.3, -0.25) is 9.69 Å². The summed E-state index contributed by atoms with van der Waals surface area (Å²) in [5.41, 5.74) is 2.99. The maximum absolute atomic E-state index is 12.5. The number of rotatable bonds is 5. The lowest BCUT2D eigenvalue weighted by Crippen LogP contribution is -2.38. The minimum absolute atomic E-state index is 0.0386. The lowest BCUT2D eigenvalue weighted by Gasteiger charge is -2.22. The summed E-state index contributed by atoms with van der Waals surface area (Å²) in [7, 11) is 0. The first-order valence-electron chi connectivity index (χ1n) is 9.33. The van der Waals surface area contributed by atoms with Crippen LogP contribution in [0.1, 0.15) is 23.1 Å². The van der Waals surface area contributed by atoms with Crippen molar-refractivity contribution in [2.24, 2.45) is 0 Å². The highest BCUT2D eigenvalue weighted by Gasteiger charge is 2.19. The molecule has 5 nitrogen and oxygen atoms in total. The molecule has 0 aromatic heterocycles. The average molecular weight is 363 g/mol. The third-order valence-corrected chi connectivity index (χ3v) is 4.78. The van der Waals surface area contributed by atoms with Gasteiger partial charge < -0.3 is 9.64 Å². The maximum Gasteiger partial charge on any atom is 0.260 e. The van der Waals surface area contributed by atoms with Crippen LogP contribution >= 0.6 is 0 Å². The molecule has 3 rings (SSSR count). The Hall–Kier alpha value is -2.84. The van der Waals surface area contributed by atoms with Gasteiger partial charge in [0.15, 0.2) is 6.61 Å². The fourth-order valence-electron chi connectivity index (χ4n) is 3.26. The number of carbonyl (C=O) groups excluding carboxylic acids is 1. The first-order chi connectivity index (χ1) is 13.1. The molecule has 0 bridgehead atoms. The van der Waals surface area contributed by atoms with E-state index in [2.05, 4.69) is 11.0 Å². The van der Waals surface area contributed by atoms with Crippen LogP contribution in [0.3, 0.4) is 0 Å². The number of aryl methyl sites for hydroxylation is 1. The van der Waals surface area contributed by atoms with Crippen LogP contribution in [-0.2, 0) is 11.3 Å². The van der Waals surface area contributed by atoms with Crippen LogP contribution in [0.25, 0.3) is 0 Å². The van der Waals surface area contributed by atoms with E-state index in [9.17, 15) is 4.79 Å². The monoisotopic (exact) mass is 363 g/mol. The van der Waals surface area contributed by atoms with Crippen molar-refractivity contribution in [2.75, 3.05) is 32.8 Å². The van der Waals surface area contributed by atoms with E-state index in [1.807, 2.05) is 60.4 Å². The molecule has 27 heavy (non-hydrogen) atoms. The van der Waals surface area contributed by atoms with Gasteiger partial charge in [0.1, 0.15) is 5.75 Å². The highest BCUT2D eigenvalue weighted by molar-refractivity contribution is 5.77. The summed E-state index contributed by atoms with van der Waals surface area (Å²) in [5, 5.41) is 8.89. The molecule has 5 heteroatoms. The van der Waals surface area contributed by atoms with E-state index in [4.69, 9.17) is 10.00 Å². The van der Waals surface area contributed by atoms with Crippen LogP contribution in [0.4, 0.5) is 0 Å². The van der Waals surface area contributed by atoms with Gasteiger partial charge in [-0.2, -0.15) is 5.26 Å². The van der Waals surface area contributed by atoms with Crippen molar-refractivity contribution in [3.8, 4) is 11.8 Å². The molecule has 0 radical (unpaired) electrons. The van der Waals surface area contributed by atoms with E-state index in [1.54, 1.807) is 0 Å². The summed E-state index contributed by atoms with van der Waals surface area (Å²) in [6.45, 7) is 6.21. The minimum Gasteiger partial charge on any atom is -0.484 e. The molecule has 2 aromatic rings. The zero-order valence-corrected chi connectivity index (χ0v) is 15.7. The first kappa shape index (κ1) is 18.9. The molecule has 0 atom stereocenters. The summed E-state index contributed by atoms with van der Waals surface area (Å²) in [6, 6.07) is 17.6. The van der Waals surface area contributed by atoms with Crippen molar-refractivity contribution >= 4 is 5.91 Å². The molecule has 2 aromatic carbocycles. The Bertz CT molecular complexity index is 811. The number of carbonyl (C=O) groups is 1. The van der Waals surface area contributed by atoms with Crippen molar-refractivity contribution < 1.29 is 9.53 Å². The smallest absolute Gasteiger partial charge is 0.260 e. The van der Waals surface area contributed by atoms with Gasteiger partial charge in [-0.15, -0.1) is 0 Å². The number of amides is 1. The number of hydrogen-bond acceptors (Lipinski definition) is 4. The fraction of sp³-hybridized carbons (Fsp3) is 0.364. The predicted octanol–water partition coefficient (Wildman–Crippen LogP) is 2.98. The Morgan fingerprint density at radius 3 is 2.67 bits per heavy atom. The van der Waals surface area contributed by atoms with Crippen LogP contribution in [0, 0.1) is 18.3 Å². The summed E-state index contributed by atoms with van der Waals surface area (Å²) in [4.78, 5) is 16.8. The van der Waals surface area contributed by atoms with E-state index < -0.39 is 0 Å². The van der Waals surface area contributed by atoms with Gasteiger partial charge in [0.2, 0.25) is 0 Å². The summed E-state index contributed by atoms with van der Waals surface area (Å²) < 4.78 is 5.66. The highest BCUT2D eigenvalue weighted by Crippen LogP contribution is 2.13. The van der Waals surface area contributed by atoms with E-state index in [0.717, 1.165) is 43.9 Å². The number of nitrogens with zero attached hydrogens (tertiary/aromatic N) is 3. The Morgan fingerprint density at radius 2 is 1.93 bits per heavy atom. The molecule has 0 aliphatic carbocycles.